The molecule has 0 aliphatic heterocycles. The van der Waals surface area contributed by atoms with Gasteiger partial charge in [0.25, 0.3) is 0 Å². The summed E-state index contributed by atoms with van der Waals surface area (Å²) in [7, 11) is 0. The lowest BCUT2D eigenvalue weighted by Gasteiger charge is -2.19. The molecule has 29 heavy (non-hydrogen) atoms. The molecule has 4 aromatic heterocycles. The van der Waals surface area contributed by atoms with E-state index in [0.717, 1.165) is 0 Å². The minimum absolute atomic E-state index is 0.228. The molecule has 0 saturated carbocycles. The Labute approximate surface area is 164 Å². The molecule has 0 aliphatic carbocycles. The molecule has 10 heteroatoms. The van der Waals surface area contributed by atoms with Crippen LogP contribution >= 0.6 is 0 Å². The maximum Gasteiger partial charge on any atom is 0.182 e. The Kier molecular flexibility index (Phi) is 4.08. The summed E-state index contributed by atoms with van der Waals surface area (Å²) in [4.78, 5) is 29.0. The van der Waals surface area contributed by atoms with Crippen molar-refractivity contribution in [1.29, 1.82) is 0 Å². The van der Waals surface area contributed by atoms with E-state index in [1.54, 1.807) is 31.0 Å². The number of nitrogens with zero attached hydrogens (tertiary/aromatic N) is 7. The fourth-order valence-corrected chi connectivity index (χ4v) is 3.34. The molecular formula is C19H16FN9. The second-order valence-corrected chi connectivity index (χ2v) is 6.43. The van der Waals surface area contributed by atoms with E-state index >= 15 is 0 Å². The van der Waals surface area contributed by atoms with Gasteiger partial charge in [-0.05, 0) is 18.6 Å². The van der Waals surface area contributed by atoms with Crippen molar-refractivity contribution in [3.8, 4) is 5.82 Å². The van der Waals surface area contributed by atoms with Gasteiger partial charge in [0.05, 0.1) is 29.6 Å². The Morgan fingerprint density at radius 1 is 1.17 bits per heavy atom. The molecule has 2 N–H and O–H groups in total. The highest BCUT2D eigenvalue weighted by Crippen LogP contribution is 2.29. The van der Waals surface area contributed by atoms with E-state index in [9.17, 15) is 4.39 Å². The van der Waals surface area contributed by atoms with E-state index in [-0.39, 0.29) is 11.9 Å². The molecule has 144 valence electrons. The molecule has 5 rings (SSSR count). The Hall–Kier alpha value is -3.95. The van der Waals surface area contributed by atoms with E-state index in [1.165, 1.54) is 18.5 Å². The van der Waals surface area contributed by atoms with Crippen LogP contribution in [0.15, 0.2) is 49.4 Å². The number of hydrogen-bond donors (Lipinski definition) is 2. The van der Waals surface area contributed by atoms with E-state index in [2.05, 4.69) is 35.2 Å². The van der Waals surface area contributed by atoms with Crippen LogP contribution in [0.3, 0.4) is 0 Å². The smallest absolute Gasteiger partial charge is 0.182 e. The molecule has 0 amide bonds. The van der Waals surface area contributed by atoms with Gasteiger partial charge in [-0.2, -0.15) is 0 Å². The van der Waals surface area contributed by atoms with E-state index in [1.807, 2.05) is 11.5 Å². The SMILES string of the molecule is CC[C@H](Nc1ncnc2nc[nH]c12)c1nc2ccc(F)cc2n1-c1cnccn1. The van der Waals surface area contributed by atoms with Crippen LogP contribution in [-0.2, 0) is 0 Å². The van der Waals surface area contributed by atoms with Crippen LogP contribution in [0.1, 0.15) is 25.2 Å². The quantitative estimate of drug-likeness (QED) is 0.475. The van der Waals surface area contributed by atoms with Crippen LogP contribution in [0.4, 0.5) is 10.2 Å². The largest absolute Gasteiger partial charge is 0.358 e. The second-order valence-electron chi connectivity index (χ2n) is 6.43. The van der Waals surface area contributed by atoms with Gasteiger partial charge < -0.3 is 10.3 Å². The molecule has 9 nitrogen and oxygen atoms in total. The summed E-state index contributed by atoms with van der Waals surface area (Å²) >= 11 is 0. The van der Waals surface area contributed by atoms with Crippen LogP contribution in [-0.4, -0.2) is 39.5 Å². The Morgan fingerprint density at radius 2 is 2.10 bits per heavy atom. The van der Waals surface area contributed by atoms with Gasteiger partial charge in [-0.3, -0.25) is 9.55 Å². The number of H-pyrrole nitrogens is 1. The number of benzene rings is 1. The van der Waals surface area contributed by atoms with Crippen LogP contribution in [0.5, 0.6) is 0 Å². The third kappa shape index (κ3) is 2.94. The average molecular weight is 389 g/mol. The highest BCUT2D eigenvalue weighted by Gasteiger charge is 2.22. The third-order valence-electron chi connectivity index (χ3n) is 4.67. The molecule has 4 heterocycles. The monoisotopic (exact) mass is 389 g/mol. The van der Waals surface area contributed by atoms with Crippen molar-refractivity contribution >= 4 is 28.0 Å². The molecule has 0 radical (unpaired) electrons. The summed E-state index contributed by atoms with van der Waals surface area (Å²) < 4.78 is 15.8. The first-order valence-corrected chi connectivity index (χ1v) is 9.09. The summed E-state index contributed by atoms with van der Waals surface area (Å²) in [5.41, 5.74) is 2.57. The van der Waals surface area contributed by atoms with Gasteiger partial charge in [0, 0.05) is 18.5 Å². The highest BCUT2D eigenvalue weighted by molar-refractivity contribution is 5.82. The average Bonchev–Trinajstić information content (AvgIpc) is 3.37. The molecule has 0 unspecified atom stereocenters. The maximum absolute atomic E-state index is 14.0. The molecule has 5 aromatic rings. The van der Waals surface area contributed by atoms with E-state index < -0.39 is 0 Å². The summed E-state index contributed by atoms with van der Waals surface area (Å²) in [6, 6.07) is 4.28. The first kappa shape index (κ1) is 17.2. The number of rotatable bonds is 5. The zero-order valence-corrected chi connectivity index (χ0v) is 15.4. The van der Waals surface area contributed by atoms with E-state index in [4.69, 9.17) is 4.98 Å². The van der Waals surface area contributed by atoms with Gasteiger partial charge in [-0.1, -0.05) is 6.92 Å². The normalized spacial score (nSPS) is 12.5. The van der Waals surface area contributed by atoms with Gasteiger partial charge in [0.15, 0.2) is 17.3 Å². The van der Waals surface area contributed by atoms with Crippen LogP contribution in [0.2, 0.25) is 0 Å². The Morgan fingerprint density at radius 3 is 2.93 bits per heavy atom. The van der Waals surface area contributed by atoms with Crippen molar-refractivity contribution in [2.75, 3.05) is 5.32 Å². The molecule has 1 atom stereocenters. The van der Waals surface area contributed by atoms with Crippen LogP contribution in [0, 0.1) is 5.82 Å². The summed E-state index contributed by atoms with van der Waals surface area (Å²) in [6.07, 6.45) is 8.54. The van der Waals surface area contributed by atoms with Gasteiger partial charge >= 0.3 is 0 Å². The number of anilines is 1. The highest BCUT2D eigenvalue weighted by atomic mass is 19.1. The molecule has 1 aromatic carbocycles. The van der Waals surface area contributed by atoms with Gasteiger partial charge in [-0.25, -0.2) is 29.3 Å². The topological polar surface area (TPSA) is 110 Å². The standard InChI is InChI=1S/C19H16FN9/c1-2-12(27-18-16-17(24-9-23-16)25-10-26-18)19-28-13-4-3-11(20)7-14(13)29(19)15-8-21-5-6-22-15/h3-10,12H,2H2,1H3,(H2,23,24,25,26,27)/t12-/m0/s1. The van der Waals surface area contributed by atoms with Crippen molar-refractivity contribution in [3.05, 3.63) is 61.1 Å². The van der Waals surface area contributed by atoms with Crippen molar-refractivity contribution in [3.63, 3.8) is 0 Å². The first-order valence-electron chi connectivity index (χ1n) is 9.09. The third-order valence-corrected chi connectivity index (χ3v) is 4.67. The number of halogens is 1. The lowest BCUT2D eigenvalue weighted by Crippen LogP contribution is -2.17. The number of aromatic nitrogens is 8. The predicted octanol–water partition coefficient (Wildman–Crippen LogP) is 3.18. The fourth-order valence-electron chi connectivity index (χ4n) is 3.34. The molecule has 0 fully saturated rings. The number of fused-ring (bicyclic) bond motifs is 2. The van der Waals surface area contributed by atoms with Crippen molar-refractivity contribution < 1.29 is 4.39 Å². The van der Waals surface area contributed by atoms with Gasteiger partial charge in [0.1, 0.15) is 23.5 Å². The Bertz CT molecular complexity index is 1300. The maximum atomic E-state index is 14.0. The predicted molar refractivity (Wildman–Crippen MR) is 105 cm³/mol. The molecule has 0 saturated heterocycles. The van der Waals surface area contributed by atoms with Crippen molar-refractivity contribution in [2.45, 2.75) is 19.4 Å². The molecule has 0 spiro atoms. The van der Waals surface area contributed by atoms with Gasteiger partial charge in [0.2, 0.25) is 0 Å². The molecular weight excluding hydrogens is 373 g/mol. The number of imidazole rings is 2. The van der Waals surface area contributed by atoms with Crippen molar-refractivity contribution in [2.24, 2.45) is 0 Å². The zero-order chi connectivity index (χ0) is 19.8. The van der Waals surface area contributed by atoms with Crippen LogP contribution < -0.4 is 5.32 Å². The molecule has 0 bridgehead atoms. The fraction of sp³-hybridized carbons (Fsp3) is 0.158. The minimum Gasteiger partial charge on any atom is -0.358 e. The minimum atomic E-state index is -0.343. The summed E-state index contributed by atoms with van der Waals surface area (Å²) in [5, 5.41) is 3.41. The Balaban J connectivity index is 1.67. The number of aromatic amines is 1. The zero-order valence-electron chi connectivity index (χ0n) is 15.4. The van der Waals surface area contributed by atoms with Crippen molar-refractivity contribution in [1.82, 2.24) is 39.5 Å². The van der Waals surface area contributed by atoms with Crippen LogP contribution in [0.25, 0.3) is 28.0 Å². The first-order chi connectivity index (χ1) is 14.2. The van der Waals surface area contributed by atoms with Gasteiger partial charge in [-0.15, -0.1) is 0 Å². The molecule has 0 aliphatic rings. The summed E-state index contributed by atoms with van der Waals surface area (Å²) in [6.45, 7) is 2.03. The lowest BCUT2D eigenvalue weighted by molar-refractivity contribution is 0.628. The number of hydrogen-bond acceptors (Lipinski definition) is 7. The number of nitrogens with one attached hydrogen (secondary N) is 2. The second kappa shape index (κ2) is 6.89. The lowest BCUT2D eigenvalue weighted by atomic mass is 10.2. The summed E-state index contributed by atoms with van der Waals surface area (Å²) in [5.74, 6) is 1.51. The van der Waals surface area contributed by atoms with E-state index in [0.29, 0.717) is 46.1 Å².